The molecule has 0 spiro atoms. The van der Waals surface area contributed by atoms with E-state index in [0.717, 1.165) is 17.0 Å². The second-order valence-corrected chi connectivity index (χ2v) is 5.13. The summed E-state index contributed by atoms with van der Waals surface area (Å²) in [6, 6.07) is 2.37. The lowest BCUT2D eigenvalue weighted by Gasteiger charge is -2.22. The summed E-state index contributed by atoms with van der Waals surface area (Å²) < 4.78 is 26.2. The number of imide groups is 1. The molecule has 1 saturated heterocycles. The molecule has 0 radical (unpaired) electrons. The van der Waals surface area contributed by atoms with Gasteiger partial charge in [-0.15, -0.1) is 0 Å². The lowest BCUT2D eigenvalue weighted by Crippen LogP contribution is -2.41. The van der Waals surface area contributed by atoms with E-state index in [9.17, 15) is 18.4 Å². The molecule has 1 unspecified atom stereocenters. The van der Waals surface area contributed by atoms with Crippen LogP contribution in [0.2, 0.25) is 0 Å². The van der Waals surface area contributed by atoms with E-state index in [1.54, 1.807) is 0 Å². The highest BCUT2D eigenvalue weighted by molar-refractivity contribution is 6.30. The van der Waals surface area contributed by atoms with Gasteiger partial charge in [0.05, 0.1) is 6.54 Å². The largest absolute Gasteiger partial charge is 0.325 e. The van der Waals surface area contributed by atoms with Crippen LogP contribution < -0.4 is 5.32 Å². The number of benzene rings is 1. The Morgan fingerprint density at radius 3 is 2.60 bits per heavy atom. The number of nitrogens with one attached hydrogen (secondary N) is 1. The summed E-state index contributed by atoms with van der Waals surface area (Å²) in [6.45, 7) is 4.68. The van der Waals surface area contributed by atoms with Gasteiger partial charge >= 0.3 is 6.03 Å². The van der Waals surface area contributed by atoms with Crippen molar-refractivity contribution in [3.05, 3.63) is 47.0 Å². The molecule has 1 aliphatic heterocycles. The zero-order valence-corrected chi connectivity index (χ0v) is 11.3. The van der Waals surface area contributed by atoms with Gasteiger partial charge in [-0.05, 0) is 24.6 Å². The van der Waals surface area contributed by atoms with Crippen LogP contribution in [-0.2, 0) is 10.3 Å². The van der Waals surface area contributed by atoms with Crippen molar-refractivity contribution in [3.8, 4) is 0 Å². The first-order chi connectivity index (χ1) is 9.25. The molecule has 3 amide bonds. The Hall–Kier alpha value is -1.95. The molecule has 2 rings (SSSR count). The minimum Gasteiger partial charge on any atom is -0.319 e. The molecular weight excluding hydrogens is 290 g/mol. The summed E-state index contributed by atoms with van der Waals surface area (Å²) in [4.78, 5) is 25.0. The monoisotopic (exact) mass is 300 g/mol. The van der Waals surface area contributed by atoms with Crippen molar-refractivity contribution < 1.29 is 18.4 Å². The van der Waals surface area contributed by atoms with E-state index >= 15 is 0 Å². The van der Waals surface area contributed by atoms with Gasteiger partial charge in [0.2, 0.25) is 0 Å². The van der Waals surface area contributed by atoms with Crippen molar-refractivity contribution in [3.63, 3.8) is 0 Å². The van der Waals surface area contributed by atoms with E-state index in [2.05, 4.69) is 11.9 Å². The lowest BCUT2D eigenvalue weighted by molar-refractivity contribution is -0.130. The Morgan fingerprint density at radius 1 is 1.40 bits per heavy atom. The van der Waals surface area contributed by atoms with Crippen molar-refractivity contribution >= 4 is 23.5 Å². The second kappa shape index (κ2) is 4.86. The van der Waals surface area contributed by atoms with E-state index in [0.29, 0.717) is 0 Å². The van der Waals surface area contributed by atoms with Crippen LogP contribution in [0.25, 0.3) is 0 Å². The van der Waals surface area contributed by atoms with E-state index in [1.807, 2.05) is 0 Å². The molecule has 1 atom stereocenters. The minimum atomic E-state index is -1.46. The first-order valence-corrected chi connectivity index (χ1v) is 6.06. The van der Waals surface area contributed by atoms with Gasteiger partial charge in [0, 0.05) is 5.03 Å². The van der Waals surface area contributed by atoms with Gasteiger partial charge in [-0.2, -0.15) is 0 Å². The molecular formula is C13H11ClF2N2O2. The predicted octanol–water partition coefficient (Wildman–Crippen LogP) is 2.48. The lowest BCUT2D eigenvalue weighted by atomic mass is 9.92. The van der Waals surface area contributed by atoms with Gasteiger partial charge in [0.1, 0.15) is 5.54 Å². The Morgan fingerprint density at radius 2 is 2.05 bits per heavy atom. The quantitative estimate of drug-likeness (QED) is 0.872. The number of hydrogen-bond acceptors (Lipinski definition) is 2. The molecule has 0 saturated carbocycles. The Kier molecular flexibility index (Phi) is 3.52. The van der Waals surface area contributed by atoms with Crippen molar-refractivity contribution in [2.45, 2.75) is 12.5 Å². The van der Waals surface area contributed by atoms with Crippen LogP contribution >= 0.6 is 11.6 Å². The number of amides is 3. The molecule has 1 aromatic rings. The first kappa shape index (κ1) is 14.5. The number of halogens is 3. The SMILES string of the molecule is C=C(Cl)CN1C(=O)NC(C)(c2ccc(F)c(F)c2)C1=O. The zero-order valence-electron chi connectivity index (χ0n) is 10.5. The summed E-state index contributed by atoms with van der Waals surface area (Å²) in [7, 11) is 0. The molecule has 1 aliphatic rings. The summed E-state index contributed by atoms with van der Waals surface area (Å²) in [5.41, 5.74) is -1.31. The smallest absolute Gasteiger partial charge is 0.319 e. The van der Waals surface area contributed by atoms with E-state index in [1.165, 1.54) is 13.0 Å². The van der Waals surface area contributed by atoms with Crippen molar-refractivity contribution in [1.29, 1.82) is 0 Å². The highest BCUT2D eigenvalue weighted by atomic mass is 35.5. The van der Waals surface area contributed by atoms with Crippen LogP contribution in [0.4, 0.5) is 13.6 Å². The highest BCUT2D eigenvalue weighted by Crippen LogP contribution is 2.30. The van der Waals surface area contributed by atoms with E-state index in [-0.39, 0.29) is 17.1 Å². The standard InChI is InChI=1S/C13H11ClF2N2O2/c1-7(14)6-18-11(19)13(2,17-12(18)20)8-3-4-9(15)10(16)5-8/h3-5H,1,6H2,2H3,(H,17,20). The van der Waals surface area contributed by atoms with E-state index < -0.39 is 29.1 Å². The third-order valence-electron chi connectivity index (χ3n) is 3.10. The number of rotatable bonds is 3. The van der Waals surface area contributed by atoms with E-state index in [4.69, 9.17) is 11.6 Å². The molecule has 1 aromatic carbocycles. The van der Waals surface area contributed by atoms with Gasteiger partial charge in [-0.3, -0.25) is 9.69 Å². The van der Waals surface area contributed by atoms with Gasteiger partial charge < -0.3 is 5.32 Å². The predicted molar refractivity (Wildman–Crippen MR) is 68.9 cm³/mol. The van der Waals surface area contributed by atoms with Crippen LogP contribution in [0.3, 0.4) is 0 Å². The summed E-state index contributed by atoms with van der Waals surface area (Å²) in [6.07, 6.45) is 0. The molecule has 4 nitrogen and oxygen atoms in total. The molecule has 0 aliphatic carbocycles. The fraction of sp³-hybridized carbons (Fsp3) is 0.231. The zero-order chi connectivity index (χ0) is 15.1. The fourth-order valence-electron chi connectivity index (χ4n) is 2.01. The Balaban J connectivity index is 2.40. The summed E-state index contributed by atoms with van der Waals surface area (Å²) in [5.74, 6) is -2.72. The molecule has 1 fully saturated rings. The average Bonchev–Trinajstić information content (AvgIpc) is 2.57. The average molecular weight is 301 g/mol. The number of carbonyl (C=O) groups excluding carboxylic acids is 2. The van der Waals surface area contributed by atoms with Gasteiger partial charge in [-0.25, -0.2) is 13.6 Å². The van der Waals surface area contributed by atoms with Crippen LogP contribution in [0.15, 0.2) is 29.8 Å². The van der Waals surface area contributed by atoms with Gasteiger partial charge in [0.25, 0.3) is 5.91 Å². The highest BCUT2D eigenvalue weighted by Gasteiger charge is 2.49. The number of hydrogen-bond donors (Lipinski definition) is 1. The fourth-order valence-corrected chi connectivity index (χ4v) is 2.13. The van der Waals surface area contributed by atoms with Crippen LogP contribution in [0.1, 0.15) is 12.5 Å². The van der Waals surface area contributed by atoms with Crippen LogP contribution in [0.5, 0.6) is 0 Å². The molecule has 0 aromatic heterocycles. The molecule has 1 heterocycles. The van der Waals surface area contributed by atoms with Crippen molar-refractivity contribution in [1.82, 2.24) is 10.2 Å². The maximum absolute atomic E-state index is 13.3. The summed E-state index contributed by atoms with van der Waals surface area (Å²) in [5, 5.41) is 2.56. The third kappa shape index (κ3) is 2.27. The number of urea groups is 1. The van der Waals surface area contributed by atoms with Gasteiger partial charge in [0.15, 0.2) is 11.6 Å². The molecule has 1 N–H and O–H groups in total. The number of carbonyl (C=O) groups is 2. The molecule has 106 valence electrons. The molecule has 7 heteroatoms. The maximum Gasteiger partial charge on any atom is 0.325 e. The first-order valence-electron chi connectivity index (χ1n) is 5.68. The minimum absolute atomic E-state index is 0.114. The molecule has 0 bridgehead atoms. The van der Waals surface area contributed by atoms with Crippen molar-refractivity contribution in [2.75, 3.05) is 6.54 Å². The van der Waals surface area contributed by atoms with Crippen LogP contribution in [0, 0.1) is 11.6 Å². The van der Waals surface area contributed by atoms with Crippen LogP contribution in [-0.4, -0.2) is 23.4 Å². The normalized spacial score (nSPS) is 22.1. The van der Waals surface area contributed by atoms with Gasteiger partial charge in [-0.1, -0.05) is 24.2 Å². The molecule has 20 heavy (non-hydrogen) atoms. The number of nitrogens with zero attached hydrogens (tertiary/aromatic N) is 1. The summed E-state index contributed by atoms with van der Waals surface area (Å²) >= 11 is 5.60. The topological polar surface area (TPSA) is 49.4 Å². The van der Waals surface area contributed by atoms with Crippen molar-refractivity contribution in [2.24, 2.45) is 0 Å². The second-order valence-electron chi connectivity index (χ2n) is 4.59. The Labute approximate surface area is 119 Å². The third-order valence-corrected chi connectivity index (χ3v) is 3.22. The maximum atomic E-state index is 13.3. The Bertz CT molecular complexity index is 620.